The van der Waals surface area contributed by atoms with Crippen LogP contribution in [0.3, 0.4) is 0 Å². The van der Waals surface area contributed by atoms with E-state index in [0.717, 1.165) is 32.1 Å². The highest BCUT2D eigenvalue weighted by Crippen LogP contribution is 2.64. The number of aromatic nitrogens is 1. The molecule has 1 saturated heterocycles. The number of hydrogen-bond acceptors (Lipinski definition) is 6. The first kappa shape index (κ1) is 20.1. The number of esters is 1. The van der Waals surface area contributed by atoms with Gasteiger partial charge in [-0.05, 0) is 74.3 Å². The van der Waals surface area contributed by atoms with Crippen molar-refractivity contribution in [1.82, 2.24) is 9.88 Å². The van der Waals surface area contributed by atoms with Gasteiger partial charge in [0.2, 0.25) is 0 Å². The van der Waals surface area contributed by atoms with E-state index < -0.39 is 6.09 Å². The zero-order valence-electron chi connectivity index (χ0n) is 17.7. The molecule has 1 aromatic rings. The summed E-state index contributed by atoms with van der Waals surface area (Å²) in [6, 6.07) is 5.33. The van der Waals surface area contributed by atoms with Crippen LogP contribution in [0.2, 0.25) is 0 Å². The lowest BCUT2D eigenvalue weighted by atomic mass is 9.45. The van der Waals surface area contributed by atoms with Gasteiger partial charge in [0.15, 0.2) is 0 Å². The summed E-state index contributed by atoms with van der Waals surface area (Å²) in [5.74, 6) is 1.80. The van der Waals surface area contributed by atoms with Crippen molar-refractivity contribution in [2.45, 2.75) is 50.6 Å². The first-order valence-corrected chi connectivity index (χ1v) is 11.2. The number of methoxy groups -OCH3 is 1. The van der Waals surface area contributed by atoms with Crippen molar-refractivity contribution < 1.29 is 19.4 Å². The Labute approximate surface area is 181 Å². The zero-order chi connectivity index (χ0) is 21.8. The molecular formula is C23H28N4O4. The number of nitriles is 1. The van der Waals surface area contributed by atoms with Gasteiger partial charge in [-0.2, -0.15) is 5.26 Å². The van der Waals surface area contributed by atoms with Gasteiger partial charge >= 0.3 is 12.1 Å². The lowest BCUT2D eigenvalue weighted by Crippen LogP contribution is -2.61. The highest BCUT2D eigenvalue weighted by atomic mass is 16.5. The van der Waals surface area contributed by atoms with Crippen LogP contribution in [-0.2, 0) is 9.53 Å². The molecule has 2 heterocycles. The summed E-state index contributed by atoms with van der Waals surface area (Å²) in [6.45, 7) is 0.466. The number of likely N-dealkylation sites (tertiary alicyclic amines) is 1. The monoisotopic (exact) mass is 424 g/mol. The average molecular weight is 425 g/mol. The van der Waals surface area contributed by atoms with E-state index in [2.05, 4.69) is 16.4 Å². The number of carboxylic acid groups (broad SMARTS) is 1. The number of hydrogen-bond donors (Lipinski definition) is 2. The Morgan fingerprint density at radius 1 is 1.32 bits per heavy atom. The van der Waals surface area contributed by atoms with Crippen LogP contribution in [0.15, 0.2) is 18.3 Å². The highest BCUT2D eigenvalue weighted by molar-refractivity contribution is 5.77. The molecule has 8 heteroatoms. The minimum Gasteiger partial charge on any atom is -0.469 e. The second-order valence-corrected chi connectivity index (χ2v) is 9.84. The van der Waals surface area contributed by atoms with Crippen LogP contribution in [0.25, 0.3) is 0 Å². The van der Waals surface area contributed by atoms with Gasteiger partial charge in [0, 0.05) is 12.7 Å². The number of nitrogens with zero attached hydrogens (tertiary/aromatic N) is 3. The SMILES string of the molecule is COC(=O)C12CC3CC(C1)C(C1C(Nc4ncccc4C#N)CCN1C(=O)O)C(C3)C2. The Hall–Kier alpha value is -2.82. The predicted molar refractivity (Wildman–Crippen MR) is 111 cm³/mol. The third kappa shape index (κ3) is 3.13. The molecule has 4 atom stereocenters. The minimum absolute atomic E-state index is 0.0892. The molecule has 5 aliphatic rings. The molecule has 2 N–H and O–H groups in total. The van der Waals surface area contributed by atoms with Crippen molar-refractivity contribution in [3.05, 3.63) is 23.9 Å². The zero-order valence-corrected chi connectivity index (χ0v) is 17.7. The van der Waals surface area contributed by atoms with Crippen LogP contribution < -0.4 is 5.32 Å². The number of carbonyl (C=O) groups is 2. The quantitative estimate of drug-likeness (QED) is 0.714. The lowest BCUT2D eigenvalue weighted by Gasteiger charge is -2.60. The second-order valence-electron chi connectivity index (χ2n) is 9.84. The molecule has 8 nitrogen and oxygen atoms in total. The molecule has 5 fully saturated rings. The molecule has 0 aromatic carbocycles. The molecule has 31 heavy (non-hydrogen) atoms. The fraction of sp³-hybridized carbons (Fsp3) is 0.652. The van der Waals surface area contributed by atoms with Crippen LogP contribution in [0.5, 0.6) is 0 Å². The highest BCUT2D eigenvalue weighted by Gasteiger charge is 2.62. The largest absolute Gasteiger partial charge is 0.469 e. The van der Waals surface area contributed by atoms with Crippen LogP contribution in [0, 0.1) is 40.4 Å². The Kier molecular flexibility index (Phi) is 4.80. The Bertz CT molecular complexity index is 928. The maximum Gasteiger partial charge on any atom is 0.407 e. The van der Waals surface area contributed by atoms with E-state index in [1.807, 2.05) is 0 Å². The fourth-order valence-electron chi connectivity index (χ4n) is 7.55. The van der Waals surface area contributed by atoms with E-state index in [4.69, 9.17) is 4.74 Å². The van der Waals surface area contributed by atoms with Gasteiger partial charge in [0.05, 0.1) is 30.2 Å². The average Bonchev–Trinajstić information content (AvgIpc) is 3.16. The fourth-order valence-corrected chi connectivity index (χ4v) is 7.55. The van der Waals surface area contributed by atoms with Crippen LogP contribution in [0.1, 0.15) is 44.1 Å². The minimum atomic E-state index is -0.896. The number of pyridine rings is 1. The summed E-state index contributed by atoms with van der Waals surface area (Å²) < 4.78 is 5.19. The maximum absolute atomic E-state index is 12.7. The molecule has 1 aliphatic heterocycles. The van der Waals surface area contributed by atoms with Gasteiger partial charge in [-0.3, -0.25) is 4.79 Å². The Morgan fingerprint density at radius 3 is 2.71 bits per heavy atom. The lowest BCUT2D eigenvalue weighted by molar-refractivity contribution is -0.177. The van der Waals surface area contributed by atoms with Gasteiger partial charge in [-0.15, -0.1) is 0 Å². The van der Waals surface area contributed by atoms with Gasteiger partial charge in [0.1, 0.15) is 11.9 Å². The summed E-state index contributed by atoms with van der Waals surface area (Å²) in [7, 11) is 1.47. The summed E-state index contributed by atoms with van der Waals surface area (Å²) >= 11 is 0. The topological polar surface area (TPSA) is 116 Å². The molecular weight excluding hydrogens is 396 g/mol. The molecule has 4 aliphatic carbocycles. The predicted octanol–water partition coefficient (Wildman–Crippen LogP) is 3.10. The standard InChI is InChI=1S/C23H28N4O4/c1-31-21(28)23-9-13-7-15(10-23)18(16(8-13)11-23)19-17(4-6-27(19)22(29)30)26-20-14(12-24)3-2-5-25-20/h2-3,5,13,15-19H,4,6-11H2,1H3,(H,25,26)(H,29,30). The van der Waals surface area contributed by atoms with E-state index in [0.29, 0.717) is 42.1 Å². The van der Waals surface area contributed by atoms with Gasteiger partial charge in [-0.1, -0.05) is 0 Å². The van der Waals surface area contributed by atoms with Crippen molar-refractivity contribution in [3.8, 4) is 6.07 Å². The molecule has 1 aromatic heterocycles. The summed E-state index contributed by atoms with van der Waals surface area (Å²) in [6.07, 6.45) is 6.04. The normalized spacial score (nSPS) is 38.0. The number of rotatable bonds is 4. The third-order valence-electron chi connectivity index (χ3n) is 8.31. The van der Waals surface area contributed by atoms with Crippen LogP contribution in [-0.4, -0.2) is 52.8 Å². The van der Waals surface area contributed by atoms with Gasteiger partial charge in [-0.25, -0.2) is 9.78 Å². The molecule has 164 valence electrons. The van der Waals surface area contributed by atoms with E-state index in [-0.39, 0.29) is 29.4 Å². The molecule has 1 amide bonds. The third-order valence-corrected chi connectivity index (χ3v) is 8.31. The number of amides is 1. The van der Waals surface area contributed by atoms with Crippen molar-refractivity contribution in [1.29, 1.82) is 5.26 Å². The van der Waals surface area contributed by atoms with E-state index in [1.165, 1.54) is 7.11 Å². The first-order chi connectivity index (χ1) is 15.0. The summed E-state index contributed by atoms with van der Waals surface area (Å²) in [4.78, 5) is 30.7. The van der Waals surface area contributed by atoms with Gasteiger partial charge < -0.3 is 20.1 Å². The Balaban J connectivity index is 1.46. The Morgan fingerprint density at radius 2 is 2.06 bits per heavy atom. The van der Waals surface area contributed by atoms with E-state index in [1.54, 1.807) is 23.2 Å². The van der Waals surface area contributed by atoms with Crippen molar-refractivity contribution in [3.63, 3.8) is 0 Å². The van der Waals surface area contributed by atoms with Crippen LogP contribution >= 0.6 is 0 Å². The number of nitrogens with one attached hydrogen (secondary N) is 1. The number of carbonyl (C=O) groups excluding carboxylic acids is 1. The molecule has 4 saturated carbocycles. The summed E-state index contributed by atoms with van der Waals surface area (Å²) in [5.41, 5.74) is 0.0801. The van der Waals surface area contributed by atoms with Crippen LogP contribution in [0.4, 0.5) is 10.6 Å². The van der Waals surface area contributed by atoms with Crippen molar-refractivity contribution in [2.75, 3.05) is 19.0 Å². The van der Waals surface area contributed by atoms with Gasteiger partial charge in [0.25, 0.3) is 0 Å². The number of anilines is 1. The van der Waals surface area contributed by atoms with Crippen molar-refractivity contribution >= 4 is 17.9 Å². The van der Waals surface area contributed by atoms with Crippen molar-refractivity contribution in [2.24, 2.45) is 29.1 Å². The smallest absolute Gasteiger partial charge is 0.407 e. The molecule has 6 rings (SSSR count). The second kappa shape index (κ2) is 7.40. The molecule has 0 radical (unpaired) electrons. The molecule has 0 spiro atoms. The van der Waals surface area contributed by atoms with E-state index >= 15 is 0 Å². The maximum atomic E-state index is 12.7. The summed E-state index contributed by atoms with van der Waals surface area (Å²) in [5, 5.41) is 22.8. The molecule has 4 bridgehead atoms. The van der Waals surface area contributed by atoms with E-state index in [9.17, 15) is 20.0 Å². The first-order valence-electron chi connectivity index (χ1n) is 11.2. The molecule has 4 unspecified atom stereocenters. The number of ether oxygens (including phenoxy) is 1.